The highest BCUT2D eigenvalue weighted by Crippen LogP contribution is 2.18. The van der Waals surface area contributed by atoms with Crippen LogP contribution in [0.4, 0.5) is 0 Å². The average molecular weight is 240 g/mol. The van der Waals surface area contributed by atoms with Crippen molar-refractivity contribution in [1.82, 2.24) is 9.97 Å². The van der Waals surface area contributed by atoms with Gasteiger partial charge in [-0.1, -0.05) is 0 Å². The summed E-state index contributed by atoms with van der Waals surface area (Å²) in [6, 6.07) is 3.57. The molecule has 5 nitrogen and oxygen atoms in total. The van der Waals surface area contributed by atoms with E-state index in [1.807, 2.05) is 13.0 Å². The van der Waals surface area contributed by atoms with Gasteiger partial charge < -0.3 is 10.2 Å². The Morgan fingerprint density at radius 1 is 1.50 bits per heavy atom. The Morgan fingerprint density at radius 3 is 2.81 bits per heavy atom. The first kappa shape index (κ1) is 12.2. The number of hydrogen-bond donors (Lipinski definition) is 1. The molecule has 0 aromatic carbocycles. The van der Waals surface area contributed by atoms with Crippen molar-refractivity contribution in [3.05, 3.63) is 36.0 Å². The minimum absolute atomic E-state index is 0. The average Bonchev–Trinajstić information content (AvgIpc) is 2.66. The van der Waals surface area contributed by atoms with E-state index in [2.05, 4.69) is 9.97 Å². The zero-order chi connectivity index (χ0) is 10.8. The Morgan fingerprint density at radius 2 is 2.25 bits per heavy atom. The number of nitrogens with zero attached hydrogens (tertiary/aromatic N) is 2. The summed E-state index contributed by atoms with van der Waals surface area (Å²) in [7, 11) is 0. The fraction of sp³-hybridized carbons (Fsp3) is 0.100. The van der Waals surface area contributed by atoms with Crippen molar-refractivity contribution in [2.24, 2.45) is 5.73 Å². The summed E-state index contributed by atoms with van der Waals surface area (Å²) >= 11 is 0. The minimum atomic E-state index is -0.601. The topological polar surface area (TPSA) is 82.0 Å². The quantitative estimate of drug-likeness (QED) is 0.862. The number of carbonyl (C=O) groups is 1. The SMILES string of the molecule is Cc1cc(-c2nc(C(N)=O)co2)ccn1.Cl. The number of primary amides is 1. The smallest absolute Gasteiger partial charge is 0.270 e. The molecule has 0 aliphatic carbocycles. The summed E-state index contributed by atoms with van der Waals surface area (Å²) in [5, 5.41) is 0. The third-order valence-corrected chi connectivity index (χ3v) is 1.90. The monoisotopic (exact) mass is 239 g/mol. The highest BCUT2D eigenvalue weighted by atomic mass is 35.5. The maximum absolute atomic E-state index is 10.8. The van der Waals surface area contributed by atoms with E-state index in [9.17, 15) is 4.79 Å². The molecule has 2 rings (SSSR count). The second-order valence-corrected chi connectivity index (χ2v) is 3.09. The van der Waals surface area contributed by atoms with Crippen LogP contribution in [0.2, 0.25) is 0 Å². The van der Waals surface area contributed by atoms with Crippen LogP contribution in [-0.4, -0.2) is 15.9 Å². The van der Waals surface area contributed by atoms with E-state index in [4.69, 9.17) is 10.2 Å². The van der Waals surface area contributed by atoms with Gasteiger partial charge in [-0.15, -0.1) is 12.4 Å². The highest BCUT2D eigenvalue weighted by Gasteiger charge is 2.10. The van der Waals surface area contributed by atoms with Gasteiger partial charge in [0.1, 0.15) is 6.26 Å². The fourth-order valence-electron chi connectivity index (χ4n) is 1.20. The van der Waals surface area contributed by atoms with Crippen LogP contribution in [-0.2, 0) is 0 Å². The molecule has 1 amide bonds. The Hall–Kier alpha value is -1.88. The third-order valence-electron chi connectivity index (χ3n) is 1.90. The van der Waals surface area contributed by atoms with E-state index < -0.39 is 5.91 Å². The number of halogens is 1. The van der Waals surface area contributed by atoms with Gasteiger partial charge in [-0.3, -0.25) is 9.78 Å². The second kappa shape index (κ2) is 4.76. The van der Waals surface area contributed by atoms with Crippen molar-refractivity contribution in [3.63, 3.8) is 0 Å². The minimum Gasteiger partial charge on any atom is -0.444 e. The molecular weight excluding hydrogens is 230 g/mol. The van der Waals surface area contributed by atoms with Crippen LogP contribution in [0.15, 0.2) is 29.0 Å². The zero-order valence-corrected chi connectivity index (χ0v) is 9.32. The maximum atomic E-state index is 10.8. The first-order valence-corrected chi connectivity index (χ1v) is 4.35. The van der Waals surface area contributed by atoms with E-state index in [0.717, 1.165) is 11.3 Å². The molecule has 2 aromatic rings. The molecule has 2 N–H and O–H groups in total. The molecule has 0 saturated carbocycles. The van der Waals surface area contributed by atoms with E-state index >= 15 is 0 Å². The molecular formula is C10H10ClN3O2. The summed E-state index contributed by atoms with van der Waals surface area (Å²) in [6.45, 7) is 1.86. The summed E-state index contributed by atoms with van der Waals surface area (Å²) < 4.78 is 5.13. The van der Waals surface area contributed by atoms with Crippen molar-refractivity contribution >= 4 is 18.3 Å². The molecule has 2 aromatic heterocycles. The van der Waals surface area contributed by atoms with Crippen LogP contribution < -0.4 is 5.73 Å². The van der Waals surface area contributed by atoms with Gasteiger partial charge in [0.15, 0.2) is 5.69 Å². The molecule has 0 aliphatic rings. The molecule has 0 atom stereocenters. The van der Waals surface area contributed by atoms with E-state index in [1.165, 1.54) is 6.26 Å². The van der Waals surface area contributed by atoms with Gasteiger partial charge >= 0.3 is 0 Å². The molecule has 0 saturated heterocycles. The largest absolute Gasteiger partial charge is 0.444 e. The van der Waals surface area contributed by atoms with Gasteiger partial charge in [0.05, 0.1) is 0 Å². The molecule has 16 heavy (non-hydrogen) atoms. The van der Waals surface area contributed by atoms with Gasteiger partial charge in [-0.05, 0) is 19.1 Å². The van der Waals surface area contributed by atoms with Crippen molar-refractivity contribution < 1.29 is 9.21 Å². The predicted molar refractivity (Wildman–Crippen MR) is 60.2 cm³/mol. The lowest BCUT2D eigenvalue weighted by atomic mass is 10.2. The van der Waals surface area contributed by atoms with Crippen LogP contribution in [0.3, 0.4) is 0 Å². The Bertz CT molecular complexity index is 510. The number of rotatable bonds is 2. The lowest BCUT2D eigenvalue weighted by Crippen LogP contribution is -2.10. The van der Waals surface area contributed by atoms with Crippen LogP contribution in [0.5, 0.6) is 0 Å². The van der Waals surface area contributed by atoms with Crippen LogP contribution in [0.25, 0.3) is 11.5 Å². The lowest BCUT2D eigenvalue weighted by molar-refractivity contribution is 0.0995. The Balaban J connectivity index is 0.00000128. The standard InChI is InChI=1S/C10H9N3O2.ClH/c1-6-4-7(2-3-12-6)10-13-8(5-15-10)9(11)14;/h2-5H,1H3,(H2,11,14);1H. The van der Waals surface area contributed by atoms with Gasteiger partial charge in [-0.25, -0.2) is 4.98 Å². The third kappa shape index (κ3) is 2.38. The molecule has 84 valence electrons. The van der Waals surface area contributed by atoms with Crippen molar-refractivity contribution in [3.8, 4) is 11.5 Å². The fourth-order valence-corrected chi connectivity index (χ4v) is 1.20. The number of hydrogen-bond acceptors (Lipinski definition) is 4. The van der Waals surface area contributed by atoms with Gasteiger partial charge in [-0.2, -0.15) is 0 Å². The first-order chi connectivity index (χ1) is 7.16. The lowest BCUT2D eigenvalue weighted by Gasteiger charge is -1.95. The van der Waals surface area contributed by atoms with Crippen LogP contribution >= 0.6 is 12.4 Å². The summed E-state index contributed by atoms with van der Waals surface area (Å²) in [5.74, 6) is -0.231. The van der Waals surface area contributed by atoms with Gasteiger partial charge in [0, 0.05) is 17.5 Å². The first-order valence-electron chi connectivity index (χ1n) is 4.35. The molecule has 2 heterocycles. The molecule has 6 heteroatoms. The van der Waals surface area contributed by atoms with Crippen LogP contribution in [0, 0.1) is 6.92 Å². The summed E-state index contributed by atoms with van der Waals surface area (Å²) in [4.78, 5) is 18.8. The molecule has 0 unspecified atom stereocenters. The summed E-state index contributed by atoms with van der Waals surface area (Å²) in [6.07, 6.45) is 2.90. The Labute approximate surface area is 98.1 Å². The number of pyridine rings is 1. The van der Waals surface area contributed by atoms with Crippen molar-refractivity contribution in [2.45, 2.75) is 6.92 Å². The van der Waals surface area contributed by atoms with E-state index in [1.54, 1.807) is 12.3 Å². The highest BCUT2D eigenvalue weighted by molar-refractivity contribution is 5.90. The molecule has 0 aliphatic heterocycles. The number of carbonyl (C=O) groups excluding carboxylic acids is 1. The van der Waals surface area contributed by atoms with Crippen LogP contribution in [0.1, 0.15) is 16.2 Å². The molecule has 0 fully saturated rings. The number of aryl methyl sites for hydroxylation is 1. The molecule has 0 radical (unpaired) electrons. The van der Waals surface area contributed by atoms with E-state index in [-0.39, 0.29) is 18.1 Å². The number of amides is 1. The zero-order valence-electron chi connectivity index (χ0n) is 8.51. The predicted octanol–water partition coefficient (Wildman–Crippen LogP) is 1.57. The normalized spacial score (nSPS) is 9.56. The van der Waals surface area contributed by atoms with Crippen molar-refractivity contribution in [2.75, 3.05) is 0 Å². The summed E-state index contributed by atoms with van der Waals surface area (Å²) in [5.41, 5.74) is 6.81. The number of aromatic nitrogens is 2. The number of oxazole rings is 1. The van der Waals surface area contributed by atoms with Gasteiger partial charge in [0.25, 0.3) is 5.91 Å². The van der Waals surface area contributed by atoms with Crippen molar-refractivity contribution in [1.29, 1.82) is 0 Å². The second-order valence-electron chi connectivity index (χ2n) is 3.09. The maximum Gasteiger partial charge on any atom is 0.270 e. The Kier molecular flexibility index (Phi) is 3.63. The number of nitrogens with two attached hydrogens (primary N) is 1. The van der Waals surface area contributed by atoms with E-state index in [0.29, 0.717) is 5.89 Å². The molecule has 0 bridgehead atoms. The van der Waals surface area contributed by atoms with Gasteiger partial charge in [0.2, 0.25) is 5.89 Å². The molecule has 0 spiro atoms.